The third kappa shape index (κ3) is 3.85. The summed E-state index contributed by atoms with van der Waals surface area (Å²) in [4.78, 5) is 0. The molecule has 0 fully saturated rings. The summed E-state index contributed by atoms with van der Waals surface area (Å²) in [7, 11) is 0. The Morgan fingerprint density at radius 3 is 2.86 bits per heavy atom. The number of aliphatic hydroxyl groups excluding tert-OH is 1. The van der Waals surface area contributed by atoms with E-state index in [1.54, 1.807) is 10.9 Å². The van der Waals surface area contributed by atoms with Gasteiger partial charge in [-0.15, -0.1) is 5.10 Å². The Morgan fingerprint density at radius 1 is 1.50 bits per heavy atom. The molecule has 1 heterocycles. The van der Waals surface area contributed by atoms with Crippen LogP contribution in [0, 0.1) is 5.41 Å². The second kappa shape index (κ2) is 5.07. The zero-order valence-corrected chi connectivity index (χ0v) is 8.77. The fourth-order valence-electron chi connectivity index (χ4n) is 1.03. The van der Waals surface area contributed by atoms with Gasteiger partial charge in [-0.2, -0.15) is 0 Å². The van der Waals surface area contributed by atoms with Crippen LogP contribution in [-0.2, 0) is 6.54 Å². The maximum Gasteiger partial charge on any atom is 0.0692 e. The second-order valence-electron chi connectivity index (χ2n) is 4.17. The molecule has 0 aliphatic carbocycles. The first kappa shape index (κ1) is 11.1. The van der Waals surface area contributed by atoms with E-state index in [4.69, 9.17) is 5.11 Å². The molecule has 0 aromatic carbocycles. The number of aliphatic hydroxyl groups is 1. The number of hydrogen-bond donors (Lipinski definition) is 2. The van der Waals surface area contributed by atoms with E-state index in [9.17, 15) is 0 Å². The van der Waals surface area contributed by atoms with E-state index in [0.29, 0.717) is 0 Å². The third-order valence-corrected chi connectivity index (χ3v) is 2.02. The highest BCUT2D eigenvalue weighted by atomic mass is 16.3. The van der Waals surface area contributed by atoms with Crippen molar-refractivity contribution in [2.24, 2.45) is 5.41 Å². The highest BCUT2D eigenvalue weighted by Gasteiger charge is 2.14. The molecule has 0 unspecified atom stereocenters. The van der Waals surface area contributed by atoms with Gasteiger partial charge >= 0.3 is 0 Å². The van der Waals surface area contributed by atoms with Crippen molar-refractivity contribution in [1.29, 1.82) is 0 Å². The van der Waals surface area contributed by atoms with Gasteiger partial charge in [0.25, 0.3) is 0 Å². The number of hydrogen-bond acceptors (Lipinski definition) is 4. The Balaban J connectivity index is 2.11. The monoisotopic (exact) mass is 198 g/mol. The van der Waals surface area contributed by atoms with Crippen molar-refractivity contribution in [3.05, 3.63) is 12.4 Å². The fourth-order valence-corrected chi connectivity index (χ4v) is 1.03. The lowest BCUT2D eigenvalue weighted by Gasteiger charge is -2.21. The molecule has 5 heteroatoms. The van der Waals surface area contributed by atoms with E-state index in [0.717, 1.165) is 19.6 Å². The van der Waals surface area contributed by atoms with E-state index in [1.165, 1.54) is 0 Å². The van der Waals surface area contributed by atoms with Crippen molar-refractivity contribution in [3.8, 4) is 0 Å². The van der Waals surface area contributed by atoms with E-state index in [1.807, 2.05) is 20.0 Å². The minimum absolute atomic E-state index is 0.0532. The Kier molecular flexibility index (Phi) is 4.03. The van der Waals surface area contributed by atoms with Crippen molar-refractivity contribution in [2.75, 3.05) is 19.7 Å². The van der Waals surface area contributed by atoms with E-state index in [-0.39, 0.29) is 12.0 Å². The normalized spacial score (nSPS) is 11.9. The Hall–Kier alpha value is -0.940. The van der Waals surface area contributed by atoms with Crippen LogP contribution in [0.15, 0.2) is 12.4 Å². The van der Waals surface area contributed by atoms with Crippen LogP contribution in [0.3, 0.4) is 0 Å². The molecule has 0 atom stereocenters. The second-order valence-corrected chi connectivity index (χ2v) is 4.17. The van der Waals surface area contributed by atoms with Gasteiger partial charge in [-0.1, -0.05) is 19.1 Å². The SMILES string of the molecule is CC(C)(CO)CNCCn1ccnn1. The molecule has 5 nitrogen and oxygen atoms in total. The lowest BCUT2D eigenvalue weighted by atomic mass is 9.95. The van der Waals surface area contributed by atoms with Crippen LogP contribution in [0.4, 0.5) is 0 Å². The fraction of sp³-hybridized carbons (Fsp3) is 0.778. The molecule has 0 aliphatic heterocycles. The molecule has 1 aromatic heterocycles. The molecular weight excluding hydrogens is 180 g/mol. The summed E-state index contributed by atoms with van der Waals surface area (Å²) in [5.74, 6) is 0. The quantitative estimate of drug-likeness (QED) is 0.626. The summed E-state index contributed by atoms with van der Waals surface area (Å²) in [5, 5.41) is 19.8. The van der Waals surface area contributed by atoms with Gasteiger partial charge in [-0.05, 0) is 0 Å². The van der Waals surface area contributed by atoms with E-state index < -0.39 is 0 Å². The first-order valence-corrected chi connectivity index (χ1v) is 4.80. The molecule has 2 N–H and O–H groups in total. The molecule has 0 amide bonds. The maximum atomic E-state index is 9.01. The van der Waals surface area contributed by atoms with Crippen LogP contribution in [0.5, 0.6) is 0 Å². The van der Waals surface area contributed by atoms with Crippen molar-refractivity contribution >= 4 is 0 Å². The van der Waals surface area contributed by atoms with Crippen LogP contribution >= 0.6 is 0 Å². The van der Waals surface area contributed by atoms with E-state index in [2.05, 4.69) is 15.6 Å². The minimum atomic E-state index is -0.0532. The standard InChI is InChI=1S/C9H18N4O/c1-9(2,8-14)7-10-3-5-13-6-4-11-12-13/h4,6,10,14H,3,5,7-8H2,1-2H3. The van der Waals surface area contributed by atoms with Gasteiger partial charge in [0, 0.05) is 31.3 Å². The Bertz CT molecular complexity index is 245. The van der Waals surface area contributed by atoms with Gasteiger partial charge in [-0.3, -0.25) is 4.68 Å². The van der Waals surface area contributed by atoms with Crippen molar-refractivity contribution in [1.82, 2.24) is 20.3 Å². The number of rotatable bonds is 6. The Labute approximate surface area is 84.1 Å². The predicted octanol–water partition coefficient (Wildman–Crippen LogP) is -0.114. The minimum Gasteiger partial charge on any atom is -0.396 e. The highest BCUT2D eigenvalue weighted by Crippen LogP contribution is 2.10. The number of nitrogens with one attached hydrogen (secondary N) is 1. The molecule has 0 aliphatic rings. The van der Waals surface area contributed by atoms with Crippen LogP contribution < -0.4 is 5.32 Å². The lowest BCUT2D eigenvalue weighted by molar-refractivity contribution is 0.156. The number of aromatic nitrogens is 3. The molecule has 1 aromatic rings. The zero-order valence-electron chi connectivity index (χ0n) is 8.77. The molecule has 14 heavy (non-hydrogen) atoms. The van der Waals surface area contributed by atoms with Crippen molar-refractivity contribution in [2.45, 2.75) is 20.4 Å². The first-order chi connectivity index (χ1) is 6.64. The third-order valence-electron chi connectivity index (χ3n) is 2.02. The zero-order chi connectivity index (χ0) is 10.4. The molecule has 0 saturated heterocycles. The van der Waals surface area contributed by atoms with Crippen LogP contribution in [0.2, 0.25) is 0 Å². The molecule has 0 saturated carbocycles. The molecule has 1 rings (SSSR count). The highest BCUT2D eigenvalue weighted by molar-refractivity contribution is 4.70. The summed E-state index contributed by atoms with van der Waals surface area (Å²) in [6, 6.07) is 0. The average molecular weight is 198 g/mol. The van der Waals surface area contributed by atoms with Gasteiger partial charge in [0.2, 0.25) is 0 Å². The summed E-state index contributed by atoms with van der Waals surface area (Å²) in [6.45, 7) is 6.70. The Morgan fingerprint density at radius 2 is 2.29 bits per heavy atom. The molecule has 0 spiro atoms. The first-order valence-electron chi connectivity index (χ1n) is 4.80. The largest absolute Gasteiger partial charge is 0.396 e. The molecule has 0 radical (unpaired) electrons. The van der Waals surface area contributed by atoms with Gasteiger partial charge in [0.05, 0.1) is 12.7 Å². The molecular formula is C9H18N4O. The average Bonchev–Trinajstić information content (AvgIpc) is 2.65. The van der Waals surface area contributed by atoms with Gasteiger partial charge in [-0.25, -0.2) is 0 Å². The molecule has 0 bridgehead atoms. The maximum absolute atomic E-state index is 9.01. The van der Waals surface area contributed by atoms with Gasteiger partial charge in [0.15, 0.2) is 0 Å². The van der Waals surface area contributed by atoms with Gasteiger partial charge in [0.1, 0.15) is 0 Å². The summed E-state index contributed by atoms with van der Waals surface area (Å²) in [6.07, 6.45) is 3.50. The van der Waals surface area contributed by atoms with Crippen molar-refractivity contribution in [3.63, 3.8) is 0 Å². The van der Waals surface area contributed by atoms with Crippen LogP contribution in [0.25, 0.3) is 0 Å². The van der Waals surface area contributed by atoms with Gasteiger partial charge < -0.3 is 10.4 Å². The predicted molar refractivity (Wildman–Crippen MR) is 53.8 cm³/mol. The summed E-state index contributed by atoms with van der Waals surface area (Å²) >= 11 is 0. The molecule has 80 valence electrons. The van der Waals surface area contributed by atoms with Crippen molar-refractivity contribution < 1.29 is 5.11 Å². The summed E-state index contributed by atoms with van der Waals surface area (Å²) in [5.41, 5.74) is -0.0532. The number of nitrogens with zero attached hydrogens (tertiary/aromatic N) is 3. The topological polar surface area (TPSA) is 63.0 Å². The van der Waals surface area contributed by atoms with Crippen LogP contribution in [-0.4, -0.2) is 39.8 Å². The lowest BCUT2D eigenvalue weighted by Crippen LogP contribution is -2.34. The van der Waals surface area contributed by atoms with Crippen LogP contribution in [0.1, 0.15) is 13.8 Å². The smallest absolute Gasteiger partial charge is 0.0692 e. The van der Waals surface area contributed by atoms with E-state index >= 15 is 0 Å². The summed E-state index contributed by atoms with van der Waals surface area (Å²) < 4.78 is 1.78.